The number of ether oxygens (including phenoxy) is 3. The van der Waals surface area contributed by atoms with Crippen molar-refractivity contribution in [2.45, 2.75) is 6.61 Å². The molecule has 0 unspecified atom stereocenters. The van der Waals surface area contributed by atoms with Crippen molar-refractivity contribution in [1.29, 1.82) is 0 Å². The Kier molecular flexibility index (Phi) is 8.26. The molecule has 0 atom stereocenters. The topological polar surface area (TPSA) is 43.3 Å². The molecule has 0 spiro atoms. The van der Waals surface area contributed by atoms with E-state index in [0.29, 0.717) is 12.4 Å². The summed E-state index contributed by atoms with van der Waals surface area (Å²) in [4.78, 5) is 6.97. The summed E-state index contributed by atoms with van der Waals surface area (Å²) in [5.74, 6) is 1.45. The lowest BCUT2D eigenvalue weighted by atomic mass is 10.2. The number of methoxy groups -OCH3 is 1. The number of aliphatic imine (C=N–C) groups is 1. The molecule has 0 aliphatic carbocycles. The number of anilines is 1. The molecule has 0 amide bonds. The van der Waals surface area contributed by atoms with Gasteiger partial charge in [-0.25, -0.2) is 0 Å². The average Bonchev–Trinajstić information content (AvgIpc) is 2.83. The van der Waals surface area contributed by atoms with Crippen molar-refractivity contribution >= 4 is 62.8 Å². The normalized spacial score (nSPS) is 14.0. The first-order valence-corrected chi connectivity index (χ1v) is 12.5. The zero-order chi connectivity index (χ0) is 22.3. The Hall–Kier alpha value is -1.85. The van der Waals surface area contributed by atoms with Gasteiger partial charge in [-0.3, -0.25) is 4.99 Å². The largest absolute Gasteiger partial charge is 0.493 e. The smallest absolute Gasteiger partial charge is 0.174 e. The highest BCUT2D eigenvalue weighted by Gasteiger charge is 2.12. The fourth-order valence-electron chi connectivity index (χ4n) is 3.41. The van der Waals surface area contributed by atoms with Crippen molar-refractivity contribution in [3.8, 4) is 11.5 Å². The first-order valence-electron chi connectivity index (χ1n) is 10.3. The lowest BCUT2D eigenvalue weighted by Gasteiger charge is -2.28. The molecule has 0 aromatic heterocycles. The Balaban J connectivity index is 1.44. The summed E-state index contributed by atoms with van der Waals surface area (Å²) in [6.07, 6.45) is 1.86. The SMILES string of the molecule is COc1cc(C=Nc2ccc(N3CCOCC3)cc2)cc(I)c1OCc1ccc(I)cc1. The number of rotatable bonds is 7. The van der Waals surface area contributed by atoms with Gasteiger partial charge in [0.1, 0.15) is 6.61 Å². The second-order valence-electron chi connectivity index (χ2n) is 7.32. The summed E-state index contributed by atoms with van der Waals surface area (Å²) < 4.78 is 19.3. The van der Waals surface area contributed by atoms with Crippen molar-refractivity contribution in [3.63, 3.8) is 0 Å². The molecule has 166 valence electrons. The molecule has 3 aromatic rings. The molecule has 0 bridgehead atoms. The average molecular weight is 654 g/mol. The lowest BCUT2D eigenvalue weighted by molar-refractivity contribution is 0.122. The minimum Gasteiger partial charge on any atom is -0.493 e. The first-order chi connectivity index (χ1) is 15.6. The number of morpholine rings is 1. The monoisotopic (exact) mass is 654 g/mol. The molecule has 1 saturated heterocycles. The van der Waals surface area contributed by atoms with Gasteiger partial charge >= 0.3 is 0 Å². The fourth-order valence-corrected chi connectivity index (χ4v) is 4.55. The zero-order valence-electron chi connectivity index (χ0n) is 17.8. The van der Waals surface area contributed by atoms with E-state index in [2.05, 4.69) is 97.5 Å². The Morgan fingerprint density at radius 2 is 1.72 bits per heavy atom. The lowest BCUT2D eigenvalue weighted by Crippen LogP contribution is -2.36. The van der Waals surface area contributed by atoms with E-state index in [1.165, 1.54) is 9.26 Å². The first kappa shape index (κ1) is 23.3. The van der Waals surface area contributed by atoms with E-state index in [9.17, 15) is 0 Å². The molecule has 1 aliphatic rings. The van der Waals surface area contributed by atoms with Crippen LogP contribution >= 0.6 is 45.2 Å². The predicted octanol–water partition coefficient (Wildman–Crippen LogP) is 6.07. The molecule has 32 heavy (non-hydrogen) atoms. The Labute approximate surface area is 216 Å². The predicted molar refractivity (Wildman–Crippen MR) is 146 cm³/mol. The third-order valence-corrected chi connectivity index (χ3v) is 6.66. The number of nitrogens with zero attached hydrogens (tertiary/aromatic N) is 2. The maximum absolute atomic E-state index is 6.08. The van der Waals surface area contributed by atoms with E-state index in [1.54, 1.807) is 7.11 Å². The van der Waals surface area contributed by atoms with Crippen molar-refractivity contribution < 1.29 is 14.2 Å². The molecule has 0 radical (unpaired) electrons. The van der Waals surface area contributed by atoms with Gasteiger partial charge in [0.2, 0.25) is 0 Å². The number of hydrogen-bond donors (Lipinski definition) is 0. The number of halogens is 2. The van der Waals surface area contributed by atoms with Gasteiger partial charge in [-0.15, -0.1) is 0 Å². The van der Waals surface area contributed by atoms with Crippen LogP contribution in [0.4, 0.5) is 11.4 Å². The molecule has 0 saturated carbocycles. The molecular weight excluding hydrogens is 630 g/mol. The molecule has 0 N–H and O–H groups in total. The van der Waals surface area contributed by atoms with E-state index in [0.717, 1.165) is 52.4 Å². The van der Waals surface area contributed by atoms with Crippen LogP contribution in [0.1, 0.15) is 11.1 Å². The Morgan fingerprint density at radius 3 is 2.41 bits per heavy atom. The molecule has 7 heteroatoms. The highest BCUT2D eigenvalue weighted by atomic mass is 127. The van der Waals surface area contributed by atoms with Crippen molar-refractivity contribution in [3.05, 3.63) is 78.9 Å². The second-order valence-corrected chi connectivity index (χ2v) is 9.73. The minimum absolute atomic E-state index is 0.492. The minimum atomic E-state index is 0.492. The third-order valence-electron chi connectivity index (χ3n) is 5.14. The van der Waals surface area contributed by atoms with E-state index in [-0.39, 0.29) is 0 Å². The fraction of sp³-hybridized carbons (Fsp3) is 0.240. The zero-order valence-corrected chi connectivity index (χ0v) is 22.1. The quantitative estimate of drug-likeness (QED) is 0.229. The van der Waals surface area contributed by atoms with Crippen LogP contribution in [-0.2, 0) is 11.3 Å². The molecule has 5 nitrogen and oxygen atoms in total. The van der Waals surface area contributed by atoms with Gasteiger partial charge in [-0.05, 0) is 105 Å². The van der Waals surface area contributed by atoms with Crippen LogP contribution in [0.5, 0.6) is 11.5 Å². The van der Waals surface area contributed by atoms with Crippen LogP contribution in [0.15, 0.2) is 65.7 Å². The van der Waals surface area contributed by atoms with Crippen LogP contribution < -0.4 is 14.4 Å². The molecular formula is C25H24I2N2O3. The summed E-state index contributed by atoms with van der Waals surface area (Å²) in [7, 11) is 1.66. The number of benzene rings is 3. The third kappa shape index (κ3) is 6.14. The van der Waals surface area contributed by atoms with E-state index in [4.69, 9.17) is 14.2 Å². The van der Waals surface area contributed by atoms with Gasteiger partial charge in [0.05, 0.1) is 29.6 Å². The van der Waals surface area contributed by atoms with Gasteiger partial charge in [0.25, 0.3) is 0 Å². The maximum Gasteiger partial charge on any atom is 0.174 e. The number of hydrogen-bond acceptors (Lipinski definition) is 5. The van der Waals surface area contributed by atoms with Crippen LogP contribution in [-0.4, -0.2) is 39.6 Å². The maximum atomic E-state index is 6.08. The van der Waals surface area contributed by atoms with Crippen LogP contribution in [0, 0.1) is 7.14 Å². The van der Waals surface area contributed by atoms with Crippen LogP contribution in [0.2, 0.25) is 0 Å². The Bertz CT molecular complexity index is 1060. The summed E-state index contributed by atoms with van der Waals surface area (Å²) in [5, 5.41) is 0. The van der Waals surface area contributed by atoms with Crippen molar-refractivity contribution in [2.75, 3.05) is 38.3 Å². The van der Waals surface area contributed by atoms with Gasteiger partial charge < -0.3 is 19.1 Å². The highest BCUT2D eigenvalue weighted by Crippen LogP contribution is 2.34. The standard InChI is InChI=1S/C25H24I2N2O3/c1-30-24-15-19(14-23(27)25(24)32-17-18-2-4-20(26)5-3-18)16-28-21-6-8-22(9-7-21)29-10-12-31-13-11-29/h2-9,14-16H,10-13,17H2,1H3. The summed E-state index contributed by atoms with van der Waals surface area (Å²) in [6.45, 7) is 3.92. The molecule has 1 fully saturated rings. The molecule has 3 aromatic carbocycles. The van der Waals surface area contributed by atoms with Gasteiger partial charge in [-0.2, -0.15) is 0 Å². The van der Waals surface area contributed by atoms with E-state index < -0.39 is 0 Å². The van der Waals surface area contributed by atoms with Crippen LogP contribution in [0.25, 0.3) is 0 Å². The van der Waals surface area contributed by atoms with E-state index >= 15 is 0 Å². The van der Waals surface area contributed by atoms with Gasteiger partial charge in [0, 0.05) is 28.6 Å². The van der Waals surface area contributed by atoms with Crippen molar-refractivity contribution in [1.82, 2.24) is 0 Å². The molecule has 1 heterocycles. The van der Waals surface area contributed by atoms with E-state index in [1.807, 2.05) is 24.4 Å². The summed E-state index contributed by atoms with van der Waals surface area (Å²) in [6, 6.07) is 20.6. The summed E-state index contributed by atoms with van der Waals surface area (Å²) in [5.41, 5.74) is 4.20. The summed E-state index contributed by atoms with van der Waals surface area (Å²) >= 11 is 4.58. The highest BCUT2D eigenvalue weighted by molar-refractivity contribution is 14.1. The second kappa shape index (κ2) is 11.3. The van der Waals surface area contributed by atoms with Gasteiger partial charge in [0.15, 0.2) is 11.5 Å². The van der Waals surface area contributed by atoms with Gasteiger partial charge in [-0.1, -0.05) is 12.1 Å². The van der Waals surface area contributed by atoms with Crippen LogP contribution in [0.3, 0.4) is 0 Å². The molecule has 4 rings (SSSR count). The molecule has 1 aliphatic heterocycles. The Morgan fingerprint density at radius 1 is 1.00 bits per heavy atom. The van der Waals surface area contributed by atoms with Crippen molar-refractivity contribution in [2.24, 2.45) is 4.99 Å².